The van der Waals surface area contributed by atoms with Gasteiger partial charge in [0.2, 0.25) is 5.95 Å². The number of aromatic nitrogens is 4. The van der Waals surface area contributed by atoms with Crippen LogP contribution in [0.2, 0.25) is 10.0 Å². The van der Waals surface area contributed by atoms with Gasteiger partial charge in [-0.15, -0.1) is 0 Å². The van der Waals surface area contributed by atoms with Gasteiger partial charge in [-0.05, 0) is 63.5 Å². The first kappa shape index (κ1) is 26.7. The Balaban J connectivity index is 1.28. The quantitative estimate of drug-likeness (QED) is 0.257. The molecule has 5 rings (SSSR count). The number of nitrogens with zero attached hydrogens (tertiary/aromatic N) is 5. The van der Waals surface area contributed by atoms with E-state index in [1.807, 2.05) is 7.05 Å². The van der Waals surface area contributed by atoms with Crippen molar-refractivity contribution in [3.63, 3.8) is 0 Å². The van der Waals surface area contributed by atoms with E-state index in [0.29, 0.717) is 29.0 Å². The summed E-state index contributed by atoms with van der Waals surface area (Å²) in [5, 5.41) is 8.94. The highest BCUT2D eigenvalue weighted by atomic mass is 35.5. The Morgan fingerprint density at radius 3 is 2.63 bits per heavy atom. The lowest BCUT2D eigenvalue weighted by atomic mass is 10.1. The molecule has 1 saturated heterocycles. The summed E-state index contributed by atoms with van der Waals surface area (Å²) < 4.78 is 29.9. The van der Waals surface area contributed by atoms with E-state index in [-0.39, 0.29) is 14.9 Å². The smallest absolute Gasteiger partial charge is 0.263 e. The summed E-state index contributed by atoms with van der Waals surface area (Å²) in [4.78, 5) is 11.5. The van der Waals surface area contributed by atoms with Crippen molar-refractivity contribution >= 4 is 55.9 Å². The minimum absolute atomic E-state index is 0.0199. The molecule has 12 heteroatoms. The van der Waals surface area contributed by atoms with E-state index in [1.54, 1.807) is 35.1 Å². The number of halogens is 2. The lowest BCUT2D eigenvalue weighted by Gasteiger charge is -2.19. The first-order chi connectivity index (χ1) is 18.2. The summed E-state index contributed by atoms with van der Waals surface area (Å²) in [6, 6.07) is 12.1. The predicted octanol–water partition coefficient (Wildman–Crippen LogP) is 5.42. The molecule has 0 aliphatic carbocycles. The second-order valence-corrected chi connectivity index (χ2v) is 11.9. The second kappa shape index (κ2) is 11.1. The molecule has 9 nitrogen and oxygen atoms in total. The van der Waals surface area contributed by atoms with E-state index in [1.165, 1.54) is 44.0 Å². The van der Waals surface area contributed by atoms with Crippen LogP contribution in [0.3, 0.4) is 0 Å². The number of anilines is 2. The van der Waals surface area contributed by atoms with Crippen LogP contribution < -0.4 is 10.0 Å². The van der Waals surface area contributed by atoms with E-state index in [2.05, 4.69) is 37.1 Å². The number of aryl methyl sites for hydroxylation is 1. The standard InChI is InChI=1S/C26H29Cl2N7O2S/c1-34-15-5-7-19(34)6-4-14-29-26-30-16-20-24(32-35(2)25(20)31-26)17-10-12-18(13-11-17)33-38(36,37)22-9-3-8-21(27)23(22)28/h3,8-13,16,19,33H,4-7,14-15H2,1-2H3,(H,29,30,31). The Morgan fingerprint density at radius 2 is 1.89 bits per heavy atom. The van der Waals surface area contributed by atoms with Gasteiger partial charge in [0.1, 0.15) is 10.6 Å². The Morgan fingerprint density at radius 1 is 1.11 bits per heavy atom. The number of rotatable bonds is 9. The van der Waals surface area contributed by atoms with Gasteiger partial charge in [0, 0.05) is 37.1 Å². The summed E-state index contributed by atoms with van der Waals surface area (Å²) in [5.41, 5.74) is 2.62. The molecule has 1 unspecified atom stereocenters. The molecule has 2 aromatic heterocycles. The zero-order valence-corrected chi connectivity index (χ0v) is 23.5. The number of nitrogens with one attached hydrogen (secondary N) is 2. The molecule has 0 bridgehead atoms. The minimum atomic E-state index is -3.91. The van der Waals surface area contributed by atoms with Crippen LogP contribution in [-0.2, 0) is 17.1 Å². The van der Waals surface area contributed by atoms with Gasteiger partial charge in [0.15, 0.2) is 5.65 Å². The third-order valence-electron chi connectivity index (χ3n) is 6.87. The van der Waals surface area contributed by atoms with Crippen molar-refractivity contribution in [3.8, 4) is 11.3 Å². The molecular formula is C26H29Cl2N7O2S. The SMILES string of the molecule is CN1CCCC1CCCNc1ncc2c(-c3ccc(NS(=O)(=O)c4cccc(Cl)c4Cl)cc3)nn(C)c2n1. The highest BCUT2D eigenvalue weighted by Crippen LogP contribution is 2.31. The highest BCUT2D eigenvalue weighted by Gasteiger charge is 2.21. The van der Waals surface area contributed by atoms with Crippen LogP contribution in [0.1, 0.15) is 25.7 Å². The number of hydrogen-bond donors (Lipinski definition) is 2. The fourth-order valence-electron chi connectivity index (χ4n) is 4.82. The number of benzene rings is 2. The van der Waals surface area contributed by atoms with Gasteiger partial charge in [0.05, 0.1) is 15.4 Å². The molecule has 0 amide bonds. The largest absolute Gasteiger partial charge is 0.354 e. The van der Waals surface area contributed by atoms with Gasteiger partial charge in [-0.25, -0.2) is 18.1 Å². The third kappa shape index (κ3) is 5.58. The van der Waals surface area contributed by atoms with Gasteiger partial charge >= 0.3 is 0 Å². The summed E-state index contributed by atoms with van der Waals surface area (Å²) >= 11 is 12.1. The average molecular weight is 575 g/mol. The first-order valence-corrected chi connectivity index (χ1v) is 14.7. The highest BCUT2D eigenvalue weighted by molar-refractivity contribution is 7.92. The fraction of sp³-hybridized carbons (Fsp3) is 0.346. The molecule has 3 heterocycles. The zero-order valence-electron chi connectivity index (χ0n) is 21.2. The van der Waals surface area contributed by atoms with Crippen LogP contribution in [0.4, 0.5) is 11.6 Å². The van der Waals surface area contributed by atoms with E-state index in [9.17, 15) is 8.42 Å². The van der Waals surface area contributed by atoms with Crippen molar-refractivity contribution in [3.05, 3.63) is 58.7 Å². The molecule has 1 aliphatic rings. The lowest BCUT2D eigenvalue weighted by Crippen LogP contribution is -2.25. The second-order valence-electron chi connectivity index (χ2n) is 9.48. The van der Waals surface area contributed by atoms with Gasteiger partial charge in [-0.3, -0.25) is 4.72 Å². The Hall–Kier alpha value is -2.92. The van der Waals surface area contributed by atoms with Crippen LogP contribution in [0, 0.1) is 0 Å². The van der Waals surface area contributed by atoms with Crippen molar-refractivity contribution in [1.82, 2.24) is 24.6 Å². The van der Waals surface area contributed by atoms with E-state index in [0.717, 1.165) is 23.9 Å². The summed E-state index contributed by atoms with van der Waals surface area (Å²) in [6.45, 7) is 2.01. The van der Waals surface area contributed by atoms with Gasteiger partial charge < -0.3 is 10.2 Å². The van der Waals surface area contributed by atoms with E-state index >= 15 is 0 Å². The van der Waals surface area contributed by atoms with Crippen LogP contribution in [0.25, 0.3) is 22.3 Å². The number of fused-ring (bicyclic) bond motifs is 1. The maximum Gasteiger partial charge on any atom is 0.263 e. The Kier molecular flexibility index (Phi) is 7.76. The maximum absolute atomic E-state index is 12.8. The van der Waals surface area contributed by atoms with Crippen molar-refractivity contribution in [2.24, 2.45) is 7.05 Å². The molecule has 2 aromatic carbocycles. The normalized spacial score (nSPS) is 16.3. The van der Waals surface area contributed by atoms with Crippen molar-refractivity contribution in [2.75, 3.05) is 30.2 Å². The van der Waals surface area contributed by atoms with Crippen LogP contribution >= 0.6 is 23.2 Å². The van der Waals surface area contributed by atoms with Crippen molar-refractivity contribution in [1.29, 1.82) is 0 Å². The van der Waals surface area contributed by atoms with Gasteiger partial charge in [0.25, 0.3) is 10.0 Å². The number of likely N-dealkylation sites (tertiary alicyclic amines) is 1. The fourth-order valence-corrected chi connectivity index (χ4v) is 6.64. The first-order valence-electron chi connectivity index (χ1n) is 12.4. The third-order valence-corrected chi connectivity index (χ3v) is 9.22. The van der Waals surface area contributed by atoms with E-state index in [4.69, 9.17) is 23.2 Å². The average Bonchev–Trinajstić information content (AvgIpc) is 3.46. The molecule has 200 valence electrons. The van der Waals surface area contributed by atoms with Gasteiger partial charge in [-0.1, -0.05) is 41.4 Å². The molecule has 1 fully saturated rings. The number of sulfonamides is 1. The Bertz CT molecular complexity index is 1560. The Labute approximate surface area is 232 Å². The topological polar surface area (TPSA) is 105 Å². The van der Waals surface area contributed by atoms with Crippen LogP contribution in [0.5, 0.6) is 0 Å². The van der Waals surface area contributed by atoms with Gasteiger partial charge in [-0.2, -0.15) is 10.1 Å². The summed E-state index contributed by atoms with van der Waals surface area (Å²) in [6.07, 6.45) is 6.56. The molecular weight excluding hydrogens is 545 g/mol. The minimum Gasteiger partial charge on any atom is -0.354 e. The molecule has 1 atom stereocenters. The van der Waals surface area contributed by atoms with Crippen molar-refractivity contribution < 1.29 is 8.42 Å². The van der Waals surface area contributed by atoms with Crippen LogP contribution in [-0.4, -0.2) is 59.2 Å². The summed E-state index contributed by atoms with van der Waals surface area (Å²) in [7, 11) is 0.130. The number of hydrogen-bond acceptors (Lipinski definition) is 7. The van der Waals surface area contributed by atoms with Crippen LogP contribution in [0.15, 0.2) is 53.6 Å². The van der Waals surface area contributed by atoms with Crippen molar-refractivity contribution in [2.45, 2.75) is 36.6 Å². The molecule has 4 aromatic rings. The predicted molar refractivity (Wildman–Crippen MR) is 152 cm³/mol. The zero-order chi connectivity index (χ0) is 26.9. The molecule has 2 N–H and O–H groups in total. The molecule has 1 aliphatic heterocycles. The molecule has 0 radical (unpaired) electrons. The molecule has 0 spiro atoms. The summed E-state index contributed by atoms with van der Waals surface area (Å²) in [5.74, 6) is 0.580. The monoisotopic (exact) mass is 573 g/mol. The maximum atomic E-state index is 12.8. The molecule has 0 saturated carbocycles. The molecule has 38 heavy (non-hydrogen) atoms. The van der Waals surface area contributed by atoms with E-state index < -0.39 is 10.0 Å². The lowest BCUT2D eigenvalue weighted by molar-refractivity contribution is 0.294.